The van der Waals surface area contributed by atoms with E-state index in [0.717, 1.165) is 25.9 Å². The number of rotatable bonds is 3. The molecule has 0 aromatic rings. The predicted molar refractivity (Wildman–Crippen MR) is 50.5 cm³/mol. The zero-order valence-corrected chi connectivity index (χ0v) is 8.26. The summed E-state index contributed by atoms with van der Waals surface area (Å²) in [4.78, 5) is 12.8. The summed E-state index contributed by atoms with van der Waals surface area (Å²) >= 11 is 0. The lowest BCUT2D eigenvalue weighted by atomic mass is 10.2. The molecule has 0 saturated carbocycles. The molecule has 1 rings (SSSR count). The normalized spacial score (nSPS) is 25.5. The molecule has 1 atom stereocenters. The molecule has 2 nitrogen and oxygen atoms in total. The molecular weight excluding hydrogens is 169 g/mol. The Labute approximate surface area is 79.1 Å². The van der Waals surface area contributed by atoms with Crippen molar-refractivity contribution in [2.24, 2.45) is 0 Å². The van der Waals surface area contributed by atoms with Gasteiger partial charge in [-0.1, -0.05) is 0 Å². The first kappa shape index (κ1) is 10.6. The van der Waals surface area contributed by atoms with Crippen LogP contribution >= 0.6 is 0 Å². The third-order valence-corrected chi connectivity index (χ3v) is 2.48. The van der Waals surface area contributed by atoms with E-state index in [0.29, 0.717) is 19.4 Å². The maximum Gasteiger partial charge on any atom is 0.131 e. The smallest absolute Gasteiger partial charge is 0.131 e. The first-order chi connectivity index (χ1) is 6.18. The fourth-order valence-corrected chi connectivity index (χ4v) is 1.68. The lowest BCUT2D eigenvalue weighted by Crippen LogP contribution is -2.31. The van der Waals surface area contributed by atoms with Crippen LogP contribution in [-0.4, -0.2) is 36.5 Å². The van der Waals surface area contributed by atoms with Crippen molar-refractivity contribution in [2.75, 3.05) is 19.6 Å². The van der Waals surface area contributed by atoms with Gasteiger partial charge in [-0.3, -0.25) is 4.79 Å². The van der Waals surface area contributed by atoms with Crippen molar-refractivity contribution < 1.29 is 9.18 Å². The number of hydrogen-bond donors (Lipinski definition) is 0. The first-order valence-electron chi connectivity index (χ1n) is 5.04. The van der Waals surface area contributed by atoms with Crippen LogP contribution in [0.3, 0.4) is 0 Å². The number of carbonyl (C=O) groups excluding carboxylic acids is 1. The van der Waals surface area contributed by atoms with Gasteiger partial charge in [-0.05, 0) is 32.7 Å². The van der Waals surface area contributed by atoms with Crippen LogP contribution in [0.15, 0.2) is 0 Å². The molecule has 0 spiro atoms. The van der Waals surface area contributed by atoms with Crippen LogP contribution in [0, 0.1) is 0 Å². The maximum absolute atomic E-state index is 13.1. The molecule has 1 saturated heterocycles. The SMILES string of the molecule is CC(=O)CCN1CCCCC(F)C1. The molecule has 0 amide bonds. The van der Waals surface area contributed by atoms with Gasteiger partial charge in [0.2, 0.25) is 0 Å². The number of carbonyl (C=O) groups is 1. The molecular formula is C10H18FNO. The van der Waals surface area contributed by atoms with Crippen LogP contribution in [0.4, 0.5) is 4.39 Å². The summed E-state index contributed by atoms with van der Waals surface area (Å²) in [6.07, 6.45) is 2.62. The summed E-state index contributed by atoms with van der Waals surface area (Å²) < 4.78 is 13.1. The van der Waals surface area contributed by atoms with Gasteiger partial charge in [-0.15, -0.1) is 0 Å². The minimum absolute atomic E-state index is 0.194. The van der Waals surface area contributed by atoms with E-state index in [9.17, 15) is 9.18 Å². The van der Waals surface area contributed by atoms with Crippen molar-refractivity contribution in [3.05, 3.63) is 0 Å². The molecule has 0 radical (unpaired) electrons. The summed E-state index contributed by atoms with van der Waals surface area (Å²) in [5.74, 6) is 0.194. The van der Waals surface area contributed by atoms with E-state index in [1.807, 2.05) is 0 Å². The van der Waals surface area contributed by atoms with Crippen molar-refractivity contribution in [2.45, 2.75) is 38.8 Å². The highest BCUT2D eigenvalue weighted by Gasteiger charge is 2.16. The molecule has 1 unspecified atom stereocenters. The molecule has 76 valence electrons. The number of hydrogen-bond acceptors (Lipinski definition) is 2. The van der Waals surface area contributed by atoms with Crippen molar-refractivity contribution in [3.8, 4) is 0 Å². The Bertz CT molecular complexity index is 172. The van der Waals surface area contributed by atoms with Crippen LogP contribution in [0.2, 0.25) is 0 Å². The molecule has 0 N–H and O–H groups in total. The Morgan fingerprint density at radius 3 is 3.00 bits per heavy atom. The van der Waals surface area contributed by atoms with Gasteiger partial charge < -0.3 is 4.90 Å². The number of ketones is 1. The van der Waals surface area contributed by atoms with Crippen LogP contribution in [0.1, 0.15) is 32.6 Å². The monoisotopic (exact) mass is 187 g/mol. The van der Waals surface area contributed by atoms with E-state index in [1.54, 1.807) is 6.92 Å². The Balaban J connectivity index is 2.26. The number of nitrogens with zero attached hydrogens (tertiary/aromatic N) is 1. The zero-order valence-electron chi connectivity index (χ0n) is 8.26. The Kier molecular flexibility index (Phi) is 4.36. The first-order valence-corrected chi connectivity index (χ1v) is 5.04. The molecule has 3 heteroatoms. The quantitative estimate of drug-likeness (QED) is 0.671. The molecule has 1 heterocycles. The molecule has 13 heavy (non-hydrogen) atoms. The highest BCUT2D eigenvalue weighted by molar-refractivity contribution is 5.75. The highest BCUT2D eigenvalue weighted by atomic mass is 19.1. The summed E-state index contributed by atoms with van der Waals surface area (Å²) in [6.45, 7) is 3.79. The van der Waals surface area contributed by atoms with E-state index >= 15 is 0 Å². The lowest BCUT2D eigenvalue weighted by molar-refractivity contribution is -0.117. The number of alkyl halides is 1. The largest absolute Gasteiger partial charge is 0.300 e. The molecule has 0 aliphatic carbocycles. The second-order valence-corrected chi connectivity index (χ2v) is 3.85. The van der Waals surface area contributed by atoms with Crippen LogP contribution < -0.4 is 0 Å². The van der Waals surface area contributed by atoms with E-state index in [-0.39, 0.29) is 5.78 Å². The second kappa shape index (κ2) is 5.32. The van der Waals surface area contributed by atoms with Crippen molar-refractivity contribution in [1.82, 2.24) is 4.90 Å². The van der Waals surface area contributed by atoms with E-state index in [1.165, 1.54) is 0 Å². The third-order valence-electron chi connectivity index (χ3n) is 2.48. The van der Waals surface area contributed by atoms with E-state index in [4.69, 9.17) is 0 Å². The average molecular weight is 187 g/mol. The maximum atomic E-state index is 13.1. The van der Waals surface area contributed by atoms with Gasteiger partial charge >= 0.3 is 0 Å². The van der Waals surface area contributed by atoms with E-state index < -0.39 is 6.17 Å². The van der Waals surface area contributed by atoms with Crippen molar-refractivity contribution >= 4 is 5.78 Å². The molecule has 0 bridgehead atoms. The summed E-state index contributed by atoms with van der Waals surface area (Å²) in [5.41, 5.74) is 0. The van der Waals surface area contributed by atoms with Gasteiger partial charge in [0.1, 0.15) is 12.0 Å². The second-order valence-electron chi connectivity index (χ2n) is 3.85. The van der Waals surface area contributed by atoms with Gasteiger partial charge in [0, 0.05) is 19.5 Å². The summed E-state index contributed by atoms with van der Waals surface area (Å²) in [5, 5.41) is 0. The number of halogens is 1. The molecule has 0 aromatic carbocycles. The third kappa shape index (κ3) is 4.36. The minimum Gasteiger partial charge on any atom is -0.300 e. The zero-order chi connectivity index (χ0) is 9.68. The Morgan fingerprint density at radius 2 is 2.31 bits per heavy atom. The highest BCUT2D eigenvalue weighted by Crippen LogP contribution is 2.13. The van der Waals surface area contributed by atoms with Crippen molar-refractivity contribution in [3.63, 3.8) is 0 Å². The van der Waals surface area contributed by atoms with Gasteiger partial charge in [0.05, 0.1) is 0 Å². The molecule has 1 fully saturated rings. The molecule has 1 aliphatic rings. The Morgan fingerprint density at radius 1 is 1.54 bits per heavy atom. The number of likely N-dealkylation sites (tertiary alicyclic amines) is 1. The van der Waals surface area contributed by atoms with Gasteiger partial charge in [-0.2, -0.15) is 0 Å². The van der Waals surface area contributed by atoms with Crippen molar-refractivity contribution in [1.29, 1.82) is 0 Å². The van der Waals surface area contributed by atoms with E-state index in [2.05, 4.69) is 4.90 Å². The van der Waals surface area contributed by atoms with Crippen LogP contribution in [0.25, 0.3) is 0 Å². The average Bonchev–Trinajstić information content (AvgIpc) is 2.26. The number of Topliss-reactive ketones (excluding diaryl/α,β-unsaturated/α-hetero) is 1. The van der Waals surface area contributed by atoms with Gasteiger partial charge in [0.25, 0.3) is 0 Å². The van der Waals surface area contributed by atoms with Gasteiger partial charge in [0.15, 0.2) is 0 Å². The summed E-state index contributed by atoms with van der Waals surface area (Å²) in [7, 11) is 0. The predicted octanol–water partition coefficient (Wildman–Crippen LogP) is 1.79. The standard InChI is InChI=1S/C10H18FNO/c1-9(13)5-7-12-6-3-2-4-10(11)8-12/h10H,2-8H2,1H3. The topological polar surface area (TPSA) is 20.3 Å². The minimum atomic E-state index is -0.686. The lowest BCUT2D eigenvalue weighted by Gasteiger charge is -2.19. The fraction of sp³-hybridized carbons (Fsp3) is 0.900. The Hall–Kier alpha value is -0.440. The van der Waals surface area contributed by atoms with Gasteiger partial charge in [-0.25, -0.2) is 4.39 Å². The molecule has 1 aliphatic heterocycles. The fourth-order valence-electron chi connectivity index (χ4n) is 1.68. The molecule has 0 aromatic heterocycles. The summed E-state index contributed by atoms with van der Waals surface area (Å²) in [6, 6.07) is 0. The van der Waals surface area contributed by atoms with Crippen LogP contribution in [-0.2, 0) is 4.79 Å². The van der Waals surface area contributed by atoms with Crippen LogP contribution in [0.5, 0.6) is 0 Å².